The number of rotatable bonds is 5. The van der Waals surface area contributed by atoms with Crippen LogP contribution in [0.1, 0.15) is 23.7 Å². The lowest BCUT2D eigenvalue weighted by Crippen LogP contribution is -2.36. The first-order chi connectivity index (χ1) is 12.0. The Balaban J connectivity index is 1.79. The van der Waals surface area contributed by atoms with Crippen LogP contribution < -0.4 is 10.2 Å². The van der Waals surface area contributed by atoms with Gasteiger partial charge in [-0.3, -0.25) is 4.79 Å². The van der Waals surface area contributed by atoms with E-state index in [1.807, 2.05) is 42.2 Å². The van der Waals surface area contributed by atoms with Crippen molar-refractivity contribution in [1.82, 2.24) is 4.98 Å². The third kappa shape index (κ3) is 4.17. The monoisotopic (exact) mass is 359 g/mol. The third-order valence-corrected chi connectivity index (χ3v) is 6.07. The molecule has 1 aromatic carbocycles. The van der Waals surface area contributed by atoms with Gasteiger partial charge in [0.25, 0.3) is 5.91 Å². The molecule has 7 heteroatoms. The normalized spacial score (nSPS) is 18.7. The number of nitrogens with one attached hydrogen (secondary N) is 1. The molecule has 1 atom stereocenters. The first-order valence-corrected chi connectivity index (χ1v) is 10.1. The van der Waals surface area contributed by atoms with Crippen LogP contribution in [0.25, 0.3) is 0 Å². The molecule has 0 aliphatic carbocycles. The van der Waals surface area contributed by atoms with Crippen molar-refractivity contribution in [3.05, 3.63) is 54.2 Å². The number of anilines is 2. The van der Waals surface area contributed by atoms with Gasteiger partial charge in [-0.25, -0.2) is 13.4 Å². The van der Waals surface area contributed by atoms with Crippen LogP contribution in [0.5, 0.6) is 0 Å². The summed E-state index contributed by atoms with van der Waals surface area (Å²) in [5.41, 5.74) is 1.22. The Bertz CT molecular complexity index is 853. The Morgan fingerprint density at radius 1 is 1.28 bits per heavy atom. The van der Waals surface area contributed by atoms with Gasteiger partial charge >= 0.3 is 0 Å². The zero-order valence-electron chi connectivity index (χ0n) is 14.1. The summed E-state index contributed by atoms with van der Waals surface area (Å²) in [5.74, 6) is 0.765. The average Bonchev–Trinajstić information content (AvgIpc) is 2.96. The highest BCUT2D eigenvalue weighted by molar-refractivity contribution is 7.91. The zero-order chi connectivity index (χ0) is 17.9. The van der Waals surface area contributed by atoms with E-state index in [1.54, 1.807) is 18.3 Å². The number of nitrogens with zero attached hydrogens (tertiary/aromatic N) is 2. The van der Waals surface area contributed by atoms with Gasteiger partial charge in [0.1, 0.15) is 5.82 Å². The Kier molecular flexibility index (Phi) is 5.03. The van der Waals surface area contributed by atoms with E-state index in [-0.39, 0.29) is 23.5 Å². The van der Waals surface area contributed by atoms with Gasteiger partial charge in [0.2, 0.25) is 0 Å². The lowest BCUT2D eigenvalue weighted by Gasteiger charge is -2.28. The Labute approximate surface area is 147 Å². The van der Waals surface area contributed by atoms with Gasteiger partial charge in [-0.15, -0.1) is 0 Å². The van der Waals surface area contributed by atoms with Crippen molar-refractivity contribution >= 4 is 27.2 Å². The molecule has 2 aromatic rings. The van der Waals surface area contributed by atoms with Crippen molar-refractivity contribution < 1.29 is 13.2 Å². The summed E-state index contributed by atoms with van der Waals surface area (Å²) in [6.45, 7) is 2.60. The molecule has 6 nitrogen and oxygen atoms in total. The molecule has 1 unspecified atom stereocenters. The molecule has 3 rings (SSSR count). The van der Waals surface area contributed by atoms with Crippen LogP contribution in [0.4, 0.5) is 11.5 Å². The molecule has 25 heavy (non-hydrogen) atoms. The zero-order valence-corrected chi connectivity index (χ0v) is 14.9. The highest BCUT2D eigenvalue weighted by Gasteiger charge is 2.32. The second-order valence-electron chi connectivity index (χ2n) is 6.07. The number of carbonyl (C=O) groups excluding carboxylic acids is 1. The quantitative estimate of drug-likeness (QED) is 0.886. The van der Waals surface area contributed by atoms with Crippen molar-refractivity contribution in [2.45, 2.75) is 19.4 Å². The molecule has 1 saturated heterocycles. The molecule has 0 radical (unpaired) electrons. The summed E-state index contributed by atoms with van der Waals surface area (Å²) < 4.78 is 23.5. The van der Waals surface area contributed by atoms with Gasteiger partial charge in [0.15, 0.2) is 9.84 Å². The largest absolute Gasteiger partial charge is 0.353 e. The Morgan fingerprint density at radius 2 is 2.04 bits per heavy atom. The summed E-state index contributed by atoms with van der Waals surface area (Å²) in [6, 6.07) is 12.5. The fourth-order valence-electron chi connectivity index (χ4n) is 3.07. The molecular weight excluding hydrogens is 338 g/mol. The molecule has 1 fully saturated rings. The standard InChI is InChI=1S/C18H21N3O3S/c1-2-21(16-9-11-25(23,24)13-16)17-12-14(8-10-19-17)18(22)20-15-6-4-3-5-7-15/h3-8,10,12,16H,2,9,11,13H2,1H3,(H,20,22). The molecule has 1 aliphatic rings. The highest BCUT2D eigenvalue weighted by atomic mass is 32.2. The summed E-state index contributed by atoms with van der Waals surface area (Å²) in [4.78, 5) is 18.8. The molecular formula is C18H21N3O3S. The minimum absolute atomic E-state index is 0.0880. The second-order valence-corrected chi connectivity index (χ2v) is 8.29. The molecule has 1 N–H and O–H groups in total. The van der Waals surface area contributed by atoms with E-state index in [1.165, 1.54) is 0 Å². The smallest absolute Gasteiger partial charge is 0.255 e. The van der Waals surface area contributed by atoms with E-state index in [9.17, 15) is 13.2 Å². The molecule has 1 aliphatic heterocycles. The first-order valence-electron chi connectivity index (χ1n) is 8.28. The van der Waals surface area contributed by atoms with E-state index in [0.717, 1.165) is 5.69 Å². The topological polar surface area (TPSA) is 79.4 Å². The maximum atomic E-state index is 12.4. The van der Waals surface area contributed by atoms with Crippen LogP contribution in [0.3, 0.4) is 0 Å². The number of pyridine rings is 1. The number of carbonyl (C=O) groups is 1. The maximum absolute atomic E-state index is 12.4. The maximum Gasteiger partial charge on any atom is 0.255 e. The molecule has 0 bridgehead atoms. The van der Waals surface area contributed by atoms with Crippen LogP contribution in [-0.2, 0) is 9.84 Å². The molecule has 132 valence electrons. The summed E-state index contributed by atoms with van der Waals surface area (Å²) in [5, 5.41) is 2.84. The lowest BCUT2D eigenvalue weighted by molar-refractivity contribution is 0.102. The van der Waals surface area contributed by atoms with E-state index >= 15 is 0 Å². The highest BCUT2D eigenvalue weighted by Crippen LogP contribution is 2.23. The molecule has 1 amide bonds. The fraction of sp³-hybridized carbons (Fsp3) is 0.333. The Hall–Kier alpha value is -2.41. The van der Waals surface area contributed by atoms with Crippen molar-refractivity contribution in [3.8, 4) is 0 Å². The summed E-state index contributed by atoms with van der Waals surface area (Å²) in [7, 11) is -2.97. The van der Waals surface area contributed by atoms with Crippen LogP contribution >= 0.6 is 0 Å². The van der Waals surface area contributed by atoms with Gasteiger partial charge in [0.05, 0.1) is 11.5 Å². The van der Waals surface area contributed by atoms with E-state index in [0.29, 0.717) is 24.3 Å². The number of hydrogen-bond acceptors (Lipinski definition) is 5. The minimum atomic E-state index is -2.97. The van der Waals surface area contributed by atoms with Gasteiger partial charge in [-0.05, 0) is 37.6 Å². The molecule has 0 saturated carbocycles. The van der Waals surface area contributed by atoms with Gasteiger partial charge in [0, 0.05) is 30.0 Å². The SMILES string of the molecule is CCN(c1cc(C(=O)Nc2ccccc2)ccn1)C1CCS(=O)(=O)C1. The van der Waals surface area contributed by atoms with Crippen molar-refractivity contribution in [2.75, 3.05) is 28.3 Å². The fourth-order valence-corrected chi connectivity index (χ4v) is 4.80. The first kappa shape index (κ1) is 17.4. The van der Waals surface area contributed by atoms with Crippen molar-refractivity contribution in [2.24, 2.45) is 0 Å². The summed E-state index contributed by atoms with van der Waals surface area (Å²) in [6.07, 6.45) is 2.18. The molecule has 1 aromatic heterocycles. The van der Waals surface area contributed by atoms with Gasteiger partial charge < -0.3 is 10.2 Å². The summed E-state index contributed by atoms with van der Waals surface area (Å²) >= 11 is 0. The van der Waals surface area contributed by atoms with Crippen LogP contribution in [0.15, 0.2) is 48.7 Å². The minimum Gasteiger partial charge on any atom is -0.353 e. The van der Waals surface area contributed by atoms with Gasteiger partial charge in [-0.1, -0.05) is 18.2 Å². The molecule has 0 spiro atoms. The van der Waals surface area contributed by atoms with Crippen LogP contribution in [-0.4, -0.2) is 43.4 Å². The van der Waals surface area contributed by atoms with E-state index in [4.69, 9.17) is 0 Å². The predicted octanol–water partition coefficient (Wildman–Crippen LogP) is 2.35. The van der Waals surface area contributed by atoms with Crippen molar-refractivity contribution in [1.29, 1.82) is 0 Å². The number of amides is 1. The van der Waals surface area contributed by atoms with Crippen LogP contribution in [0.2, 0.25) is 0 Å². The number of aromatic nitrogens is 1. The molecule has 2 heterocycles. The number of sulfone groups is 1. The van der Waals surface area contributed by atoms with Crippen molar-refractivity contribution in [3.63, 3.8) is 0 Å². The van der Waals surface area contributed by atoms with E-state index < -0.39 is 9.84 Å². The van der Waals surface area contributed by atoms with E-state index in [2.05, 4.69) is 10.3 Å². The van der Waals surface area contributed by atoms with Crippen LogP contribution in [0, 0.1) is 0 Å². The predicted molar refractivity (Wildman–Crippen MR) is 98.7 cm³/mol. The number of para-hydroxylation sites is 1. The second kappa shape index (κ2) is 7.23. The third-order valence-electron chi connectivity index (χ3n) is 4.32. The Morgan fingerprint density at radius 3 is 2.68 bits per heavy atom. The van der Waals surface area contributed by atoms with Gasteiger partial charge in [-0.2, -0.15) is 0 Å². The average molecular weight is 359 g/mol. The number of hydrogen-bond donors (Lipinski definition) is 1. The number of benzene rings is 1. The lowest BCUT2D eigenvalue weighted by atomic mass is 10.2.